The third-order valence-electron chi connectivity index (χ3n) is 3.50. The molecule has 2 aromatic rings. The Hall–Kier alpha value is -1.43. The highest BCUT2D eigenvalue weighted by atomic mass is 35.5. The van der Waals surface area contributed by atoms with Gasteiger partial charge in [0.25, 0.3) is 5.91 Å². The van der Waals surface area contributed by atoms with Gasteiger partial charge in [0.15, 0.2) is 0 Å². The first-order valence-corrected chi connectivity index (χ1v) is 8.45. The molecule has 1 saturated heterocycles. The van der Waals surface area contributed by atoms with Crippen LogP contribution in [0.5, 0.6) is 0 Å². The van der Waals surface area contributed by atoms with Gasteiger partial charge in [-0.05, 0) is 26.0 Å². The van der Waals surface area contributed by atoms with E-state index in [-0.39, 0.29) is 18.1 Å². The molecule has 1 aromatic carbocycles. The molecule has 1 aliphatic heterocycles. The smallest absolute Gasteiger partial charge is 0.273 e. The molecule has 22 heavy (non-hydrogen) atoms. The molecule has 3 rings (SSSR count). The monoisotopic (exact) mass is 336 g/mol. The average molecular weight is 337 g/mol. The number of halogens is 1. The van der Waals surface area contributed by atoms with Crippen molar-refractivity contribution in [1.29, 1.82) is 0 Å². The topological polar surface area (TPSA) is 42.4 Å². The summed E-state index contributed by atoms with van der Waals surface area (Å²) in [4.78, 5) is 18.9. The number of ether oxygens (including phenoxy) is 1. The number of nitrogens with zero attached hydrogens (tertiary/aromatic N) is 2. The van der Waals surface area contributed by atoms with Crippen molar-refractivity contribution in [3.05, 3.63) is 40.4 Å². The van der Waals surface area contributed by atoms with Crippen LogP contribution < -0.4 is 0 Å². The maximum atomic E-state index is 12.6. The van der Waals surface area contributed by atoms with Gasteiger partial charge >= 0.3 is 0 Å². The van der Waals surface area contributed by atoms with Crippen LogP contribution in [-0.2, 0) is 4.74 Å². The molecule has 1 aliphatic rings. The summed E-state index contributed by atoms with van der Waals surface area (Å²) in [5.74, 6) is -0.0356. The summed E-state index contributed by atoms with van der Waals surface area (Å²) in [5.41, 5.74) is 1.42. The fraction of sp³-hybridized carbons (Fsp3) is 0.375. The van der Waals surface area contributed by atoms with Crippen LogP contribution in [0.4, 0.5) is 0 Å². The molecule has 116 valence electrons. The molecular weight excluding hydrogens is 320 g/mol. The largest absolute Gasteiger partial charge is 0.372 e. The van der Waals surface area contributed by atoms with Gasteiger partial charge in [0.05, 0.1) is 12.2 Å². The van der Waals surface area contributed by atoms with Crippen LogP contribution in [0.3, 0.4) is 0 Å². The van der Waals surface area contributed by atoms with Gasteiger partial charge < -0.3 is 9.64 Å². The number of carbonyl (C=O) groups excluding carboxylic acids is 1. The van der Waals surface area contributed by atoms with Crippen molar-refractivity contribution in [2.45, 2.75) is 26.1 Å². The van der Waals surface area contributed by atoms with Crippen LogP contribution >= 0.6 is 22.9 Å². The van der Waals surface area contributed by atoms with Crippen molar-refractivity contribution in [2.75, 3.05) is 13.1 Å². The lowest BCUT2D eigenvalue weighted by Gasteiger charge is -2.34. The molecule has 6 heteroatoms. The Bertz CT molecular complexity index is 678. The van der Waals surface area contributed by atoms with E-state index in [1.165, 1.54) is 11.3 Å². The molecule has 2 unspecified atom stereocenters. The molecule has 0 bridgehead atoms. The lowest BCUT2D eigenvalue weighted by molar-refractivity contribution is -0.0587. The first kappa shape index (κ1) is 15.5. The maximum absolute atomic E-state index is 12.6. The summed E-state index contributed by atoms with van der Waals surface area (Å²) in [5, 5.41) is 3.28. The molecule has 1 fully saturated rings. The number of thiazole rings is 1. The fourth-order valence-corrected chi connectivity index (χ4v) is 3.61. The molecule has 1 amide bonds. The van der Waals surface area contributed by atoms with Crippen molar-refractivity contribution in [1.82, 2.24) is 9.88 Å². The normalized spacial score (nSPS) is 21.9. The maximum Gasteiger partial charge on any atom is 0.273 e. The zero-order chi connectivity index (χ0) is 15.7. The van der Waals surface area contributed by atoms with Crippen LogP contribution in [0.2, 0.25) is 5.02 Å². The molecule has 0 saturated carbocycles. The van der Waals surface area contributed by atoms with Crippen molar-refractivity contribution in [2.24, 2.45) is 0 Å². The second-order valence-electron chi connectivity index (χ2n) is 5.52. The number of morpholine rings is 1. The molecule has 1 aromatic heterocycles. The average Bonchev–Trinajstić information content (AvgIpc) is 2.95. The van der Waals surface area contributed by atoms with Crippen molar-refractivity contribution in [3.63, 3.8) is 0 Å². The summed E-state index contributed by atoms with van der Waals surface area (Å²) in [6.45, 7) is 5.17. The van der Waals surface area contributed by atoms with E-state index in [4.69, 9.17) is 16.3 Å². The van der Waals surface area contributed by atoms with Crippen molar-refractivity contribution < 1.29 is 9.53 Å². The number of hydrogen-bond donors (Lipinski definition) is 0. The minimum Gasteiger partial charge on any atom is -0.372 e. The van der Waals surface area contributed by atoms with E-state index >= 15 is 0 Å². The highest BCUT2D eigenvalue weighted by Gasteiger charge is 2.27. The van der Waals surface area contributed by atoms with Crippen LogP contribution in [0.1, 0.15) is 24.3 Å². The first-order valence-electron chi connectivity index (χ1n) is 7.19. The van der Waals surface area contributed by atoms with Crippen molar-refractivity contribution in [3.8, 4) is 10.6 Å². The van der Waals surface area contributed by atoms with Gasteiger partial charge in [0, 0.05) is 29.1 Å². The SMILES string of the molecule is CC1CN(C(=O)c2csc(-c3cccc(Cl)c3)n2)CC(C)O1. The first-order chi connectivity index (χ1) is 10.5. The Morgan fingerprint density at radius 3 is 2.77 bits per heavy atom. The quantitative estimate of drug-likeness (QED) is 0.839. The van der Waals surface area contributed by atoms with Gasteiger partial charge in [-0.25, -0.2) is 4.98 Å². The summed E-state index contributed by atoms with van der Waals surface area (Å²) >= 11 is 7.46. The Kier molecular flexibility index (Phi) is 4.47. The molecule has 0 radical (unpaired) electrons. The van der Waals surface area contributed by atoms with E-state index < -0.39 is 0 Å². The molecule has 2 atom stereocenters. The summed E-state index contributed by atoms with van der Waals surface area (Å²) in [6.07, 6.45) is 0.109. The van der Waals surface area contributed by atoms with E-state index in [0.29, 0.717) is 23.8 Å². The Morgan fingerprint density at radius 2 is 2.09 bits per heavy atom. The number of amides is 1. The van der Waals surface area contributed by atoms with Crippen LogP contribution in [0.25, 0.3) is 10.6 Å². The Morgan fingerprint density at radius 1 is 1.36 bits per heavy atom. The molecule has 0 aliphatic carbocycles. The highest BCUT2D eigenvalue weighted by molar-refractivity contribution is 7.13. The Balaban J connectivity index is 1.80. The number of aromatic nitrogens is 1. The standard InChI is InChI=1S/C16H17ClN2O2S/c1-10-7-19(8-11(2)21-10)16(20)14-9-22-15(18-14)12-4-3-5-13(17)6-12/h3-6,9-11H,7-8H2,1-2H3. The van der Waals surface area contributed by atoms with Gasteiger partial charge in [-0.3, -0.25) is 4.79 Å². The second-order valence-corrected chi connectivity index (χ2v) is 6.81. The van der Waals surface area contributed by atoms with Gasteiger partial charge in [-0.15, -0.1) is 11.3 Å². The lowest BCUT2D eigenvalue weighted by atomic mass is 10.2. The van der Waals surface area contributed by atoms with Gasteiger partial charge in [0.1, 0.15) is 10.7 Å². The second kappa shape index (κ2) is 6.36. The van der Waals surface area contributed by atoms with Gasteiger partial charge in [0.2, 0.25) is 0 Å². The zero-order valence-electron chi connectivity index (χ0n) is 12.5. The summed E-state index contributed by atoms with van der Waals surface area (Å²) in [6, 6.07) is 7.50. The summed E-state index contributed by atoms with van der Waals surface area (Å²) < 4.78 is 5.66. The van der Waals surface area contributed by atoms with Crippen molar-refractivity contribution >= 4 is 28.8 Å². The van der Waals surface area contributed by atoms with E-state index in [0.717, 1.165) is 10.6 Å². The molecule has 2 heterocycles. The third-order valence-corrected chi connectivity index (χ3v) is 4.63. The van der Waals surface area contributed by atoms with E-state index in [1.807, 2.05) is 48.4 Å². The van der Waals surface area contributed by atoms with E-state index in [2.05, 4.69) is 4.98 Å². The number of rotatable bonds is 2. The van der Waals surface area contributed by atoms with Crippen LogP contribution in [0.15, 0.2) is 29.6 Å². The molecule has 0 spiro atoms. The molecule has 4 nitrogen and oxygen atoms in total. The van der Waals surface area contributed by atoms with E-state index in [1.54, 1.807) is 0 Å². The minimum absolute atomic E-state index is 0.0356. The van der Waals surface area contributed by atoms with Gasteiger partial charge in [-0.2, -0.15) is 0 Å². The fourth-order valence-electron chi connectivity index (χ4n) is 2.63. The molecule has 0 N–H and O–H groups in total. The van der Waals surface area contributed by atoms with Crippen LogP contribution in [-0.4, -0.2) is 41.1 Å². The van der Waals surface area contributed by atoms with E-state index in [9.17, 15) is 4.79 Å². The van der Waals surface area contributed by atoms with Crippen LogP contribution in [0, 0.1) is 0 Å². The minimum atomic E-state index is -0.0356. The number of carbonyl (C=O) groups is 1. The summed E-state index contributed by atoms with van der Waals surface area (Å²) in [7, 11) is 0. The highest BCUT2D eigenvalue weighted by Crippen LogP contribution is 2.26. The zero-order valence-corrected chi connectivity index (χ0v) is 14.0. The predicted octanol–water partition coefficient (Wildman–Crippen LogP) is 3.71. The number of benzene rings is 1. The molecular formula is C16H17ClN2O2S. The lowest BCUT2D eigenvalue weighted by Crippen LogP contribution is -2.48. The predicted molar refractivity (Wildman–Crippen MR) is 88.5 cm³/mol. The number of hydrogen-bond acceptors (Lipinski definition) is 4. The Labute approximate surface area is 138 Å². The van der Waals surface area contributed by atoms with Gasteiger partial charge in [-0.1, -0.05) is 23.7 Å². The third kappa shape index (κ3) is 3.32.